The van der Waals surface area contributed by atoms with Crippen molar-refractivity contribution in [3.8, 4) is 0 Å². The van der Waals surface area contributed by atoms with E-state index in [4.69, 9.17) is 16.3 Å². The molecule has 1 amide bonds. The van der Waals surface area contributed by atoms with E-state index in [1.54, 1.807) is 17.5 Å². The maximum atomic E-state index is 13.7. The third kappa shape index (κ3) is 4.43. The van der Waals surface area contributed by atoms with Crippen LogP contribution in [0.5, 0.6) is 0 Å². The van der Waals surface area contributed by atoms with Gasteiger partial charge < -0.3 is 15.4 Å². The molecular weight excluding hydrogens is 443 g/mol. The number of carbonyl (C=O) groups is 1. The summed E-state index contributed by atoms with van der Waals surface area (Å²) in [5, 5.41) is 11.4. The monoisotopic (exact) mass is 463 g/mol. The molecule has 4 heterocycles. The highest BCUT2D eigenvalue weighted by molar-refractivity contribution is 7.10. The molecule has 1 fully saturated rings. The van der Waals surface area contributed by atoms with Gasteiger partial charge in [0.1, 0.15) is 10.8 Å². The summed E-state index contributed by atoms with van der Waals surface area (Å²) in [4.78, 5) is 15.5. The van der Waals surface area contributed by atoms with E-state index in [-0.39, 0.29) is 23.0 Å². The Morgan fingerprint density at radius 1 is 1.40 bits per heavy atom. The number of nitrogens with one attached hydrogen (secondary N) is 2. The van der Waals surface area contributed by atoms with E-state index >= 15 is 0 Å². The molecule has 12 heteroatoms. The second kappa shape index (κ2) is 8.74. The molecule has 0 radical (unpaired) electrons. The topological polar surface area (TPSA) is 71.4 Å². The fraction of sp³-hybridized carbons (Fsp3) is 0.556. The Bertz CT molecular complexity index is 883. The number of amides is 1. The number of thiophene rings is 1. The molecule has 2 aliphatic rings. The summed E-state index contributed by atoms with van der Waals surface area (Å²) in [5.41, 5.74) is -0.206. The van der Waals surface area contributed by atoms with E-state index in [2.05, 4.69) is 20.6 Å². The van der Waals surface area contributed by atoms with Crippen LogP contribution >= 0.6 is 22.9 Å². The first kappa shape index (κ1) is 21.4. The largest absolute Gasteiger partial charge is 0.410 e. The van der Waals surface area contributed by atoms with Gasteiger partial charge in [-0.2, -0.15) is 18.3 Å². The summed E-state index contributed by atoms with van der Waals surface area (Å²) < 4.78 is 47.3. The van der Waals surface area contributed by atoms with Crippen LogP contribution in [0, 0.1) is 0 Å². The Labute approximate surface area is 180 Å². The van der Waals surface area contributed by atoms with Crippen LogP contribution in [0.3, 0.4) is 0 Å². The summed E-state index contributed by atoms with van der Waals surface area (Å²) >= 11 is 7.67. The number of ether oxygens (including phenoxy) is 1. The zero-order chi connectivity index (χ0) is 21.3. The van der Waals surface area contributed by atoms with Crippen molar-refractivity contribution in [3.05, 3.63) is 33.1 Å². The first-order chi connectivity index (χ1) is 14.3. The van der Waals surface area contributed by atoms with Gasteiger partial charge in [-0.05, 0) is 11.4 Å². The molecule has 4 rings (SSSR count). The SMILES string of the molecule is O=C(NCCN1CCOCC1)c1nn2c(c1Cl)N[C@@H](c1cccs1)C[C@@H]2C(F)(F)F. The van der Waals surface area contributed by atoms with Crippen molar-refractivity contribution < 1.29 is 22.7 Å². The number of carbonyl (C=O) groups excluding carboxylic acids is 1. The fourth-order valence-corrected chi connectivity index (χ4v) is 4.70. The number of hydrogen-bond donors (Lipinski definition) is 2. The molecule has 2 aromatic heterocycles. The third-order valence-electron chi connectivity index (χ3n) is 5.21. The smallest absolute Gasteiger partial charge is 0.379 e. The lowest BCUT2D eigenvalue weighted by Gasteiger charge is -2.32. The van der Waals surface area contributed by atoms with Crippen molar-refractivity contribution in [2.24, 2.45) is 0 Å². The zero-order valence-corrected chi connectivity index (χ0v) is 17.5. The van der Waals surface area contributed by atoms with Crippen LogP contribution in [0.15, 0.2) is 17.5 Å². The molecule has 0 aliphatic carbocycles. The lowest BCUT2D eigenvalue weighted by Crippen LogP contribution is -2.41. The molecule has 2 aliphatic heterocycles. The molecule has 2 aromatic rings. The van der Waals surface area contributed by atoms with Crippen LogP contribution < -0.4 is 10.6 Å². The molecule has 2 atom stereocenters. The van der Waals surface area contributed by atoms with Crippen molar-refractivity contribution >= 4 is 34.7 Å². The molecule has 2 N–H and O–H groups in total. The minimum Gasteiger partial charge on any atom is -0.379 e. The summed E-state index contributed by atoms with van der Waals surface area (Å²) in [6.45, 7) is 3.79. The number of fused-ring (bicyclic) bond motifs is 1. The Morgan fingerprint density at radius 3 is 2.83 bits per heavy atom. The van der Waals surface area contributed by atoms with Crippen LogP contribution in [-0.4, -0.2) is 66.2 Å². The van der Waals surface area contributed by atoms with Crippen molar-refractivity contribution in [2.75, 3.05) is 44.7 Å². The number of nitrogens with zero attached hydrogens (tertiary/aromatic N) is 3. The maximum absolute atomic E-state index is 13.7. The summed E-state index contributed by atoms with van der Waals surface area (Å²) in [6.07, 6.45) is -4.75. The first-order valence-corrected chi connectivity index (χ1v) is 10.8. The van der Waals surface area contributed by atoms with Crippen molar-refractivity contribution in [3.63, 3.8) is 0 Å². The van der Waals surface area contributed by atoms with Crippen molar-refractivity contribution in [2.45, 2.75) is 24.7 Å². The number of alkyl halides is 3. The van der Waals surface area contributed by atoms with Gasteiger partial charge in [-0.1, -0.05) is 17.7 Å². The van der Waals surface area contributed by atoms with E-state index in [9.17, 15) is 18.0 Å². The maximum Gasteiger partial charge on any atom is 0.410 e. The number of anilines is 1. The number of morpholine rings is 1. The van der Waals surface area contributed by atoms with Gasteiger partial charge in [0.15, 0.2) is 11.7 Å². The lowest BCUT2D eigenvalue weighted by molar-refractivity contribution is -0.173. The normalized spacial score (nSPS) is 22.4. The van der Waals surface area contributed by atoms with E-state index < -0.39 is 24.2 Å². The number of hydrogen-bond acceptors (Lipinski definition) is 6. The summed E-state index contributed by atoms with van der Waals surface area (Å²) in [6, 6.07) is 1.13. The average molecular weight is 464 g/mol. The molecule has 0 bridgehead atoms. The summed E-state index contributed by atoms with van der Waals surface area (Å²) in [5.74, 6) is -0.576. The lowest BCUT2D eigenvalue weighted by atomic mass is 10.0. The van der Waals surface area contributed by atoms with E-state index in [1.165, 1.54) is 11.3 Å². The van der Waals surface area contributed by atoms with E-state index in [1.807, 2.05) is 0 Å². The van der Waals surface area contributed by atoms with Gasteiger partial charge in [0.2, 0.25) is 0 Å². The van der Waals surface area contributed by atoms with Crippen LogP contribution in [0.1, 0.15) is 33.9 Å². The first-order valence-electron chi connectivity index (χ1n) is 9.57. The quantitative estimate of drug-likeness (QED) is 0.711. The highest BCUT2D eigenvalue weighted by Gasteiger charge is 2.48. The number of rotatable bonds is 5. The molecule has 7 nitrogen and oxygen atoms in total. The molecule has 0 unspecified atom stereocenters. The standard InChI is InChI=1S/C18H21ClF3N5O2S/c19-14-15(17(28)23-3-4-26-5-7-29-8-6-26)25-27-13(18(20,21)22)10-11(24-16(14)27)12-2-1-9-30-12/h1-2,9,11,13,24H,3-8,10H2,(H,23,28)/t11-,13-/m1/s1. The van der Waals surface area contributed by atoms with Gasteiger partial charge in [-0.25, -0.2) is 4.68 Å². The molecule has 30 heavy (non-hydrogen) atoms. The Kier molecular flexibility index (Phi) is 6.24. The van der Waals surface area contributed by atoms with Gasteiger partial charge in [0, 0.05) is 37.5 Å². The Morgan fingerprint density at radius 2 is 2.17 bits per heavy atom. The minimum absolute atomic E-state index is 0.0157. The Hall–Kier alpha value is -1.82. The zero-order valence-electron chi connectivity index (χ0n) is 15.9. The second-order valence-electron chi connectivity index (χ2n) is 7.17. The second-order valence-corrected chi connectivity index (χ2v) is 8.53. The molecule has 164 valence electrons. The van der Waals surface area contributed by atoms with Gasteiger partial charge in [-0.15, -0.1) is 11.3 Å². The Balaban J connectivity index is 1.51. The van der Waals surface area contributed by atoms with Crippen molar-refractivity contribution in [1.29, 1.82) is 0 Å². The highest BCUT2D eigenvalue weighted by Crippen LogP contribution is 2.46. The molecule has 1 saturated heterocycles. The van der Waals surface area contributed by atoms with E-state index in [0.29, 0.717) is 26.3 Å². The van der Waals surface area contributed by atoms with Crippen LogP contribution in [-0.2, 0) is 4.74 Å². The number of halogens is 4. The number of aromatic nitrogens is 2. The van der Waals surface area contributed by atoms with Crippen LogP contribution in [0.4, 0.5) is 19.0 Å². The fourth-order valence-electron chi connectivity index (χ4n) is 3.65. The molecular formula is C18H21ClF3N5O2S. The van der Waals surface area contributed by atoms with Crippen molar-refractivity contribution in [1.82, 2.24) is 20.0 Å². The highest BCUT2D eigenvalue weighted by atomic mass is 35.5. The third-order valence-corrected chi connectivity index (χ3v) is 6.56. The molecule has 0 saturated carbocycles. The van der Waals surface area contributed by atoms with Gasteiger partial charge in [-0.3, -0.25) is 9.69 Å². The van der Waals surface area contributed by atoms with Gasteiger partial charge >= 0.3 is 6.18 Å². The predicted molar refractivity (Wildman–Crippen MR) is 107 cm³/mol. The van der Waals surface area contributed by atoms with E-state index in [0.717, 1.165) is 22.6 Å². The van der Waals surface area contributed by atoms with Gasteiger partial charge in [0.25, 0.3) is 5.91 Å². The average Bonchev–Trinajstić information content (AvgIpc) is 3.36. The predicted octanol–water partition coefficient (Wildman–Crippen LogP) is 3.32. The summed E-state index contributed by atoms with van der Waals surface area (Å²) in [7, 11) is 0. The van der Waals surface area contributed by atoms with Crippen LogP contribution in [0.2, 0.25) is 5.02 Å². The molecule has 0 aromatic carbocycles. The minimum atomic E-state index is -4.52. The molecule has 0 spiro atoms. The van der Waals surface area contributed by atoms with Crippen LogP contribution in [0.25, 0.3) is 0 Å². The van der Waals surface area contributed by atoms with Gasteiger partial charge in [0.05, 0.1) is 19.3 Å².